The number of amides is 2. The summed E-state index contributed by atoms with van der Waals surface area (Å²) in [4.78, 5) is 25.8. The van der Waals surface area contributed by atoms with Crippen molar-refractivity contribution >= 4 is 35.6 Å². The van der Waals surface area contributed by atoms with E-state index in [9.17, 15) is 9.59 Å². The molecular weight excluding hydrogens is 328 g/mol. The van der Waals surface area contributed by atoms with E-state index in [2.05, 4.69) is 20.9 Å². The van der Waals surface area contributed by atoms with Gasteiger partial charge in [0.05, 0.1) is 6.04 Å². The molecular formula is C17H27ClN4O2. The van der Waals surface area contributed by atoms with Gasteiger partial charge in [0.1, 0.15) is 0 Å². The number of halogens is 1. The third-order valence-corrected chi connectivity index (χ3v) is 4.24. The highest BCUT2D eigenvalue weighted by Crippen LogP contribution is 2.17. The molecule has 1 aromatic rings. The van der Waals surface area contributed by atoms with Crippen LogP contribution in [0.15, 0.2) is 24.3 Å². The van der Waals surface area contributed by atoms with Crippen LogP contribution >= 0.6 is 12.4 Å². The standard InChI is InChI=1S/C17H26N4O2.ClH/c1-12(21-9-5-8-16(11-21)18-3)17(23)20-15-7-4-6-14(10-15)19-13(2)22;/h4,6-7,10,12,16,18H,5,8-9,11H2,1-3H3,(H,19,22)(H,20,23);1H. The molecule has 3 N–H and O–H groups in total. The molecule has 1 aromatic carbocycles. The van der Waals surface area contributed by atoms with Crippen molar-refractivity contribution in [3.63, 3.8) is 0 Å². The fourth-order valence-corrected chi connectivity index (χ4v) is 2.88. The number of benzene rings is 1. The summed E-state index contributed by atoms with van der Waals surface area (Å²) in [6, 6.07) is 7.45. The van der Waals surface area contributed by atoms with Crippen molar-refractivity contribution in [2.75, 3.05) is 30.8 Å². The third kappa shape index (κ3) is 5.78. The van der Waals surface area contributed by atoms with Gasteiger partial charge in [0.2, 0.25) is 11.8 Å². The minimum atomic E-state index is -0.185. The van der Waals surface area contributed by atoms with E-state index in [-0.39, 0.29) is 30.3 Å². The number of nitrogens with zero attached hydrogens (tertiary/aromatic N) is 1. The fourth-order valence-electron chi connectivity index (χ4n) is 2.88. The molecule has 2 amide bonds. The lowest BCUT2D eigenvalue weighted by Gasteiger charge is -2.35. The Kier molecular flexibility index (Phi) is 8.18. The molecule has 0 aliphatic carbocycles. The number of piperidine rings is 1. The van der Waals surface area contributed by atoms with Crippen LogP contribution in [-0.2, 0) is 9.59 Å². The van der Waals surface area contributed by atoms with Crippen LogP contribution in [0, 0.1) is 0 Å². The lowest BCUT2D eigenvalue weighted by molar-refractivity contribution is -0.121. The molecule has 1 fully saturated rings. The largest absolute Gasteiger partial charge is 0.326 e. The van der Waals surface area contributed by atoms with Crippen LogP contribution in [0.25, 0.3) is 0 Å². The molecule has 7 heteroatoms. The average molecular weight is 355 g/mol. The molecule has 2 atom stereocenters. The van der Waals surface area contributed by atoms with Crippen LogP contribution in [0.1, 0.15) is 26.7 Å². The Morgan fingerprint density at radius 2 is 1.92 bits per heavy atom. The summed E-state index contributed by atoms with van der Waals surface area (Å²) in [5.41, 5.74) is 1.37. The van der Waals surface area contributed by atoms with Gasteiger partial charge < -0.3 is 16.0 Å². The SMILES string of the molecule is CNC1CCCN(C(C)C(=O)Nc2cccc(NC(C)=O)c2)C1.Cl. The van der Waals surface area contributed by atoms with Gasteiger partial charge in [-0.3, -0.25) is 14.5 Å². The van der Waals surface area contributed by atoms with E-state index in [1.807, 2.05) is 26.1 Å². The maximum absolute atomic E-state index is 12.5. The monoisotopic (exact) mass is 354 g/mol. The van der Waals surface area contributed by atoms with E-state index in [0.29, 0.717) is 17.4 Å². The highest BCUT2D eigenvalue weighted by atomic mass is 35.5. The van der Waals surface area contributed by atoms with Gasteiger partial charge in [-0.2, -0.15) is 0 Å². The number of likely N-dealkylation sites (tertiary alicyclic amines) is 1. The molecule has 6 nitrogen and oxygen atoms in total. The minimum Gasteiger partial charge on any atom is -0.326 e. The molecule has 1 saturated heterocycles. The van der Waals surface area contributed by atoms with Crippen molar-refractivity contribution in [3.05, 3.63) is 24.3 Å². The predicted molar refractivity (Wildman–Crippen MR) is 99.7 cm³/mol. The van der Waals surface area contributed by atoms with Crippen molar-refractivity contribution in [1.29, 1.82) is 0 Å². The Morgan fingerprint density at radius 1 is 1.25 bits per heavy atom. The number of rotatable bonds is 5. The normalized spacial score (nSPS) is 19.0. The molecule has 1 aliphatic rings. The van der Waals surface area contributed by atoms with Gasteiger partial charge in [-0.05, 0) is 51.6 Å². The summed E-state index contributed by atoms with van der Waals surface area (Å²) in [6.45, 7) is 5.22. The summed E-state index contributed by atoms with van der Waals surface area (Å²) < 4.78 is 0. The summed E-state index contributed by atoms with van der Waals surface area (Å²) in [6.07, 6.45) is 2.25. The molecule has 0 saturated carbocycles. The maximum atomic E-state index is 12.5. The molecule has 24 heavy (non-hydrogen) atoms. The van der Waals surface area contributed by atoms with Gasteiger partial charge in [0, 0.05) is 30.9 Å². The quantitative estimate of drug-likeness (QED) is 0.757. The number of hydrogen-bond acceptors (Lipinski definition) is 4. The van der Waals surface area contributed by atoms with Gasteiger partial charge in [-0.15, -0.1) is 12.4 Å². The van der Waals surface area contributed by atoms with Crippen LogP contribution in [0.5, 0.6) is 0 Å². The first-order valence-corrected chi connectivity index (χ1v) is 8.09. The maximum Gasteiger partial charge on any atom is 0.241 e. The van der Waals surface area contributed by atoms with Crippen molar-refractivity contribution < 1.29 is 9.59 Å². The molecule has 0 bridgehead atoms. The third-order valence-electron chi connectivity index (χ3n) is 4.24. The van der Waals surface area contributed by atoms with E-state index < -0.39 is 0 Å². The van der Waals surface area contributed by atoms with Crippen LogP contribution in [0.4, 0.5) is 11.4 Å². The summed E-state index contributed by atoms with van der Waals surface area (Å²) in [5.74, 6) is -0.157. The summed E-state index contributed by atoms with van der Waals surface area (Å²) in [7, 11) is 1.96. The smallest absolute Gasteiger partial charge is 0.241 e. The second-order valence-corrected chi connectivity index (χ2v) is 6.05. The number of carbonyl (C=O) groups is 2. The van der Waals surface area contributed by atoms with Crippen LogP contribution < -0.4 is 16.0 Å². The zero-order chi connectivity index (χ0) is 16.8. The van der Waals surface area contributed by atoms with Crippen molar-refractivity contribution in [3.8, 4) is 0 Å². The average Bonchev–Trinajstić information content (AvgIpc) is 2.54. The Balaban J connectivity index is 0.00000288. The summed E-state index contributed by atoms with van der Waals surface area (Å²) >= 11 is 0. The first kappa shape index (κ1) is 20.4. The van der Waals surface area contributed by atoms with Crippen LogP contribution in [0.3, 0.4) is 0 Å². The Labute approximate surface area is 149 Å². The highest BCUT2D eigenvalue weighted by Gasteiger charge is 2.26. The zero-order valence-corrected chi connectivity index (χ0v) is 15.3. The minimum absolute atomic E-state index is 0. The predicted octanol–water partition coefficient (Wildman–Crippen LogP) is 2.08. The molecule has 0 radical (unpaired) electrons. The lowest BCUT2D eigenvalue weighted by atomic mass is 10.0. The van der Waals surface area contributed by atoms with E-state index in [1.165, 1.54) is 6.92 Å². The topological polar surface area (TPSA) is 73.5 Å². The van der Waals surface area contributed by atoms with E-state index >= 15 is 0 Å². The number of nitrogens with one attached hydrogen (secondary N) is 3. The van der Waals surface area contributed by atoms with Gasteiger partial charge in [0.25, 0.3) is 0 Å². The second-order valence-electron chi connectivity index (χ2n) is 6.05. The summed E-state index contributed by atoms with van der Waals surface area (Å²) in [5, 5.41) is 8.94. The molecule has 2 unspecified atom stereocenters. The van der Waals surface area contributed by atoms with E-state index in [0.717, 1.165) is 25.9 Å². The zero-order valence-electron chi connectivity index (χ0n) is 14.5. The van der Waals surface area contributed by atoms with Gasteiger partial charge in [-0.1, -0.05) is 6.07 Å². The van der Waals surface area contributed by atoms with E-state index in [4.69, 9.17) is 0 Å². The highest BCUT2D eigenvalue weighted by molar-refractivity contribution is 5.96. The number of hydrogen-bond donors (Lipinski definition) is 3. The molecule has 2 rings (SSSR count). The molecule has 1 heterocycles. The van der Waals surface area contributed by atoms with Gasteiger partial charge in [-0.25, -0.2) is 0 Å². The molecule has 134 valence electrons. The molecule has 0 aromatic heterocycles. The Hall–Kier alpha value is -1.63. The van der Waals surface area contributed by atoms with Crippen molar-refractivity contribution in [2.45, 2.75) is 38.8 Å². The first-order chi connectivity index (χ1) is 11.0. The van der Waals surface area contributed by atoms with E-state index in [1.54, 1.807) is 12.1 Å². The molecule has 1 aliphatic heterocycles. The number of anilines is 2. The lowest BCUT2D eigenvalue weighted by Crippen LogP contribution is -2.51. The number of likely N-dealkylation sites (N-methyl/N-ethyl adjacent to an activating group) is 1. The van der Waals surface area contributed by atoms with Gasteiger partial charge in [0.15, 0.2) is 0 Å². The number of carbonyl (C=O) groups excluding carboxylic acids is 2. The Bertz CT molecular complexity index is 567. The second kappa shape index (κ2) is 9.61. The molecule has 0 spiro atoms. The first-order valence-electron chi connectivity index (χ1n) is 8.09. The fraction of sp³-hybridized carbons (Fsp3) is 0.529. The van der Waals surface area contributed by atoms with Gasteiger partial charge >= 0.3 is 0 Å². The Morgan fingerprint density at radius 3 is 2.54 bits per heavy atom. The van der Waals surface area contributed by atoms with Crippen LogP contribution in [-0.4, -0.2) is 48.9 Å². The van der Waals surface area contributed by atoms with Crippen LogP contribution in [0.2, 0.25) is 0 Å². The van der Waals surface area contributed by atoms with Crippen molar-refractivity contribution in [1.82, 2.24) is 10.2 Å². The van der Waals surface area contributed by atoms with Crippen molar-refractivity contribution in [2.24, 2.45) is 0 Å².